The number of rotatable bonds is 13. The summed E-state index contributed by atoms with van der Waals surface area (Å²) in [6.45, 7) is 3.25. The zero-order valence-corrected chi connectivity index (χ0v) is 15.8. The molecule has 8 heteroatoms. The van der Waals surface area contributed by atoms with Crippen molar-refractivity contribution in [3.8, 4) is 0 Å². The predicted octanol–water partition coefficient (Wildman–Crippen LogP) is 3.14. The SMILES string of the molecule is CCCCCCCCCNc1ccn(C/C=C/CP(=O)(O)O)c(=O)n1. The average Bonchev–Trinajstić information content (AvgIpc) is 2.54. The Bertz CT molecular complexity index is 625. The van der Waals surface area contributed by atoms with Crippen LogP contribution in [0.25, 0.3) is 0 Å². The Morgan fingerprint density at radius 3 is 2.48 bits per heavy atom. The van der Waals surface area contributed by atoms with Gasteiger partial charge in [-0.25, -0.2) is 4.79 Å². The molecule has 3 N–H and O–H groups in total. The zero-order valence-electron chi connectivity index (χ0n) is 14.9. The topological polar surface area (TPSA) is 104 Å². The van der Waals surface area contributed by atoms with Gasteiger partial charge in [-0.2, -0.15) is 4.98 Å². The van der Waals surface area contributed by atoms with Gasteiger partial charge in [-0.3, -0.25) is 9.13 Å². The minimum Gasteiger partial charge on any atom is -0.370 e. The quantitative estimate of drug-likeness (QED) is 0.280. The second-order valence-electron chi connectivity index (χ2n) is 6.11. The standard InChI is InChI=1S/C17H30N3O4P/c1-2-3-4-5-6-7-8-12-18-16-11-14-20(17(21)19-16)13-9-10-15-25(22,23)24/h9-11,14H,2-8,12-13,15H2,1H3,(H,18,19,21)(H2,22,23,24)/b10-9+. The van der Waals surface area contributed by atoms with Crippen molar-refractivity contribution in [2.75, 3.05) is 18.0 Å². The molecule has 0 amide bonds. The number of unbranched alkanes of at least 4 members (excludes halogenated alkanes) is 6. The molecule has 25 heavy (non-hydrogen) atoms. The number of nitrogens with one attached hydrogen (secondary N) is 1. The van der Waals surface area contributed by atoms with E-state index in [-0.39, 0.29) is 18.4 Å². The van der Waals surface area contributed by atoms with E-state index in [0.29, 0.717) is 5.82 Å². The fourth-order valence-electron chi connectivity index (χ4n) is 2.36. The van der Waals surface area contributed by atoms with E-state index < -0.39 is 7.60 Å². The molecule has 0 spiro atoms. The highest BCUT2D eigenvalue weighted by Crippen LogP contribution is 2.33. The van der Waals surface area contributed by atoms with Gasteiger partial charge in [0.15, 0.2) is 0 Å². The third kappa shape index (κ3) is 10.9. The molecule has 0 radical (unpaired) electrons. The normalized spacial score (nSPS) is 12.0. The first-order valence-corrected chi connectivity index (χ1v) is 10.7. The molecule has 0 aliphatic carbocycles. The van der Waals surface area contributed by atoms with Crippen LogP contribution in [0.4, 0.5) is 5.82 Å². The van der Waals surface area contributed by atoms with Crippen molar-refractivity contribution in [1.29, 1.82) is 0 Å². The predicted molar refractivity (Wildman–Crippen MR) is 101 cm³/mol. The van der Waals surface area contributed by atoms with Crippen molar-refractivity contribution >= 4 is 13.4 Å². The molecule has 0 saturated heterocycles. The van der Waals surface area contributed by atoms with Crippen LogP contribution in [0.15, 0.2) is 29.2 Å². The molecule has 0 fully saturated rings. The fourth-order valence-corrected chi connectivity index (χ4v) is 2.79. The lowest BCUT2D eigenvalue weighted by Crippen LogP contribution is -2.23. The van der Waals surface area contributed by atoms with E-state index in [2.05, 4.69) is 17.2 Å². The maximum atomic E-state index is 11.9. The maximum absolute atomic E-state index is 11.9. The number of anilines is 1. The maximum Gasteiger partial charge on any atom is 0.349 e. The number of allylic oxidation sites excluding steroid dienone is 2. The van der Waals surface area contributed by atoms with Gasteiger partial charge in [0.1, 0.15) is 5.82 Å². The van der Waals surface area contributed by atoms with Gasteiger partial charge in [0.05, 0.1) is 6.16 Å². The smallest absolute Gasteiger partial charge is 0.349 e. The van der Waals surface area contributed by atoms with Crippen LogP contribution in [0, 0.1) is 0 Å². The van der Waals surface area contributed by atoms with Gasteiger partial charge in [0.25, 0.3) is 0 Å². The van der Waals surface area contributed by atoms with Crippen LogP contribution in [0.5, 0.6) is 0 Å². The van der Waals surface area contributed by atoms with Crippen molar-refractivity contribution in [3.05, 3.63) is 34.9 Å². The number of hydrogen-bond acceptors (Lipinski definition) is 4. The Hall–Kier alpha value is -1.43. The second kappa shape index (κ2) is 12.0. The first kappa shape index (κ1) is 21.6. The molecule has 0 aliphatic rings. The molecule has 0 saturated carbocycles. The Kier molecular flexibility index (Phi) is 10.4. The Balaban J connectivity index is 2.28. The Morgan fingerprint density at radius 1 is 1.16 bits per heavy atom. The van der Waals surface area contributed by atoms with Gasteiger partial charge in [0.2, 0.25) is 0 Å². The Morgan fingerprint density at radius 2 is 1.84 bits per heavy atom. The summed E-state index contributed by atoms with van der Waals surface area (Å²) in [7, 11) is -4.03. The van der Waals surface area contributed by atoms with Crippen LogP contribution in [-0.2, 0) is 11.1 Å². The van der Waals surface area contributed by atoms with Crippen LogP contribution >= 0.6 is 7.60 Å². The van der Waals surface area contributed by atoms with Crippen LogP contribution < -0.4 is 11.0 Å². The molecule has 142 valence electrons. The second-order valence-corrected chi connectivity index (χ2v) is 7.81. The third-order valence-electron chi connectivity index (χ3n) is 3.77. The first-order valence-electron chi connectivity index (χ1n) is 8.93. The van der Waals surface area contributed by atoms with Gasteiger partial charge in [-0.15, -0.1) is 0 Å². The molecule has 0 atom stereocenters. The van der Waals surface area contributed by atoms with Crippen LogP contribution in [0.1, 0.15) is 51.9 Å². The van der Waals surface area contributed by atoms with Gasteiger partial charge >= 0.3 is 13.3 Å². The molecule has 1 aromatic rings. The molecule has 1 heterocycles. The van der Waals surface area contributed by atoms with E-state index >= 15 is 0 Å². The molecule has 0 aliphatic heterocycles. The van der Waals surface area contributed by atoms with E-state index in [1.807, 2.05) is 0 Å². The van der Waals surface area contributed by atoms with E-state index in [0.717, 1.165) is 13.0 Å². The third-order valence-corrected chi connectivity index (χ3v) is 4.46. The molecule has 1 aromatic heterocycles. The molecule has 1 rings (SSSR count). The van der Waals surface area contributed by atoms with Crippen molar-refractivity contribution in [2.45, 2.75) is 58.4 Å². The van der Waals surface area contributed by atoms with Gasteiger partial charge in [-0.1, -0.05) is 57.6 Å². The highest BCUT2D eigenvalue weighted by Gasteiger charge is 2.08. The average molecular weight is 371 g/mol. The van der Waals surface area contributed by atoms with Crippen molar-refractivity contribution in [3.63, 3.8) is 0 Å². The van der Waals surface area contributed by atoms with E-state index in [1.54, 1.807) is 18.3 Å². The Labute approximate surface area is 149 Å². The summed E-state index contributed by atoms with van der Waals surface area (Å²) in [4.78, 5) is 33.4. The number of aromatic nitrogens is 2. The summed E-state index contributed by atoms with van der Waals surface area (Å²) < 4.78 is 12.1. The summed E-state index contributed by atoms with van der Waals surface area (Å²) in [5, 5.41) is 3.16. The molecule has 0 bridgehead atoms. The minimum atomic E-state index is -4.03. The van der Waals surface area contributed by atoms with Crippen LogP contribution in [-0.4, -0.2) is 32.0 Å². The van der Waals surface area contributed by atoms with Crippen LogP contribution in [0.2, 0.25) is 0 Å². The van der Waals surface area contributed by atoms with E-state index in [4.69, 9.17) is 9.79 Å². The lowest BCUT2D eigenvalue weighted by molar-refractivity contribution is 0.377. The lowest BCUT2D eigenvalue weighted by atomic mass is 10.1. The molecule has 7 nitrogen and oxygen atoms in total. The van der Waals surface area contributed by atoms with Crippen LogP contribution in [0.3, 0.4) is 0 Å². The van der Waals surface area contributed by atoms with Crippen molar-refractivity contribution in [2.24, 2.45) is 0 Å². The van der Waals surface area contributed by atoms with Gasteiger partial charge in [0, 0.05) is 19.3 Å². The first-order chi connectivity index (χ1) is 11.9. The largest absolute Gasteiger partial charge is 0.370 e. The molecule has 0 unspecified atom stereocenters. The monoisotopic (exact) mass is 371 g/mol. The van der Waals surface area contributed by atoms with E-state index in [9.17, 15) is 9.36 Å². The van der Waals surface area contributed by atoms with Gasteiger partial charge in [-0.05, 0) is 12.5 Å². The summed E-state index contributed by atoms with van der Waals surface area (Å²) in [5.41, 5.74) is -0.384. The van der Waals surface area contributed by atoms with E-state index in [1.165, 1.54) is 49.2 Å². The summed E-state index contributed by atoms with van der Waals surface area (Å²) in [6.07, 6.45) is 12.9. The highest BCUT2D eigenvalue weighted by molar-refractivity contribution is 7.51. The summed E-state index contributed by atoms with van der Waals surface area (Å²) in [5.74, 6) is 0.562. The molecular weight excluding hydrogens is 341 g/mol. The minimum absolute atomic E-state index is 0.240. The lowest BCUT2D eigenvalue weighted by Gasteiger charge is -2.07. The molecule has 0 aromatic carbocycles. The van der Waals surface area contributed by atoms with Crippen molar-refractivity contribution in [1.82, 2.24) is 9.55 Å². The summed E-state index contributed by atoms with van der Waals surface area (Å²) >= 11 is 0. The number of nitrogens with zero attached hydrogens (tertiary/aromatic N) is 2. The summed E-state index contributed by atoms with van der Waals surface area (Å²) in [6, 6.07) is 1.74. The number of hydrogen-bond donors (Lipinski definition) is 3. The van der Waals surface area contributed by atoms with Gasteiger partial charge < -0.3 is 15.1 Å². The highest BCUT2D eigenvalue weighted by atomic mass is 31.2. The fraction of sp³-hybridized carbons (Fsp3) is 0.647. The molecular formula is C17H30N3O4P. The zero-order chi connectivity index (χ0) is 18.5. The van der Waals surface area contributed by atoms with Crippen molar-refractivity contribution < 1.29 is 14.4 Å².